The van der Waals surface area contributed by atoms with Crippen LogP contribution in [0, 0.1) is 11.5 Å². The summed E-state index contributed by atoms with van der Waals surface area (Å²) in [6.45, 7) is 32.6. The quantitative estimate of drug-likeness (QED) is 0.294. The summed E-state index contributed by atoms with van der Waals surface area (Å²) in [4.78, 5) is 0. The number of fused-ring (bicyclic) bond motifs is 1. The standard InChI is InChI=1S/C26H52O4Si3/c1-24(2,3)32(13,14)29-21-18-22-23(28-20(21)16-15-17-31(10,11)12)19-27-33(30-22,25(4,5)6)26(7,8)9/h20-23H,16,18-19H2,1-14H3/t20-,21+,22-,23+/m0/s1. The van der Waals surface area contributed by atoms with Crippen molar-refractivity contribution in [2.75, 3.05) is 6.61 Å². The van der Waals surface area contributed by atoms with Gasteiger partial charge in [-0.2, -0.15) is 0 Å². The normalized spacial score (nSPS) is 29.2. The molecule has 2 aliphatic heterocycles. The first-order chi connectivity index (χ1) is 14.6. The van der Waals surface area contributed by atoms with Crippen molar-refractivity contribution in [1.82, 2.24) is 0 Å². The number of ether oxygens (including phenoxy) is 1. The lowest BCUT2D eigenvalue weighted by molar-refractivity contribution is -0.194. The van der Waals surface area contributed by atoms with E-state index in [2.05, 4.69) is 107 Å². The second kappa shape index (κ2) is 9.49. The van der Waals surface area contributed by atoms with Gasteiger partial charge in [-0.15, -0.1) is 11.5 Å². The maximum absolute atomic E-state index is 7.04. The fraction of sp³-hybridized carbons (Fsp3) is 0.923. The van der Waals surface area contributed by atoms with Gasteiger partial charge >= 0.3 is 8.56 Å². The molecule has 2 rings (SSSR count). The molecule has 0 unspecified atom stereocenters. The first-order valence-electron chi connectivity index (χ1n) is 12.7. The lowest BCUT2D eigenvalue weighted by Crippen LogP contribution is -2.68. The Morgan fingerprint density at radius 1 is 0.879 bits per heavy atom. The molecule has 0 aliphatic carbocycles. The highest BCUT2D eigenvalue weighted by Gasteiger charge is 2.63. The van der Waals surface area contributed by atoms with E-state index in [0.29, 0.717) is 13.0 Å². The highest BCUT2D eigenvalue weighted by atomic mass is 28.4. The van der Waals surface area contributed by atoms with Gasteiger partial charge in [0.15, 0.2) is 8.32 Å². The zero-order valence-corrected chi connectivity index (χ0v) is 27.1. The van der Waals surface area contributed by atoms with E-state index < -0.39 is 25.0 Å². The maximum atomic E-state index is 7.04. The fourth-order valence-corrected chi connectivity index (χ4v) is 11.8. The number of rotatable bonds is 3. The van der Waals surface area contributed by atoms with E-state index in [1.165, 1.54) is 0 Å². The summed E-state index contributed by atoms with van der Waals surface area (Å²) in [5, 5.41) is 0.0710. The summed E-state index contributed by atoms with van der Waals surface area (Å²) in [5.41, 5.74) is 3.52. The van der Waals surface area contributed by atoms with E-state index in [0.717, 1.165) is 6.42 Å². The van der Waals surface area contributed by atoms with Gasteiger partial charge in [-0.25, -0.2) is 0 Å². The van der Waals surface area contributed by atoms with Crippen LogP contribution in [-0.4, -0.2) is 56.0 Å². The molecule has 0 aromatic carbocycles. The maximum Gasteiger partial charge on any atom is 0.349 e. The molecule has 4 atom stereocenters. The molecule has 2 heterocycles. The largest absolute Gasteiger partial charge is 0.411 e. The summed E-state index contributed by atoms with van der Waals surface area (Å²) in [5.74, 6) is 3.46. The van der Waals surface area contributed by atoms with Crippen molar-refractivity contribution in [2.45, 2.75) is 147 Å². The fourth-order valence-electron chi connectivity index (χ4n) is 4.84. The zero-order chi connectivity index (χ0) is 25.7. The molecule has 0 bridgehead atoms. The van der Waals surface area contributed by atoms with Crippen LogP contribution in [0.15, 0.2) is 0 Å². The molecule has 0 radical (unpaired) electrons. The topological polar surface area (TPSA) is 36.9 Å². The first-order valence-corrected chi connectivity index (χ1v) is 21.0. The molecular formula is C26H52O4Si3. The molecule has 0 saturated carbocycles. The Kier molecular flexibility index (Phi) is 8.42. The third-order valence-electron chi connectivity index (χ3n) is 7.41. The van der Waals surface area contributed by atoms with Gasteiger partial charge in [-0.1, -0.05) is 82.0 Å². The molecule has 0 aromatic heterocycles. The van der Waals surface area contributed by atoms with Crippen LogP contribution >= 0.6 is 0 Å². The van der Waals surface area contributed by atoms with E-state index in [4.69, 9.17) is 18.0 Å². The summed E-state index contributed by atoms with van der Waals surface area (Å²) in [6, 6.07) is 0. The first kappa shape index (κ1) is 29.3. The van der Waals surface area contributed by atoms with E-state index in [1.807, 2.05) is 0 Å². The van der Waals surface area contributed by atoms with Crippen molar-refractivity contribution < 1.29 is 18.0 Å². The van der Waals surface area contributed by atoms with Gasteiger partial charge in [-0.3, -0.25) is 0 Å². The summed E-state index contributed by atoms with van der Waals surface area (Å²) < 4.78 is 27.4. The van der Waals surface area contributed by atoms with Crippen LogP contribution in [0.25, 0.3) is 0 Å². The Bertz CT molecular complexity index is 727. The lowest BCUT2D eigenvalue weighted by Gasteiger charge is -2.57. The Hall–Kier alpha value is 0.0506. The molecule has 0 N–H and O–H groups in total. The summed E-state index contributed by atoms with van der Waals surface area (Å²) in [6.07, 6.45) is 1.52. The number of hydrogen-bond acceptors (Lipinski definition) is 4. The van der Waals surface area contributed by atoms with Crippen LogP contribution in [0.4, 0.5) is 0 Å². The summed E-state index contributed by atoms with van der Waals surface area (Å²) >= 11 is 0. The molecule has 2 aliphatic rings. The highest BCUT2D eigenvalue weighted by Crippen LogP contribution is 2.55. The van der Waals surface area contributed by atoms with Gasteiger partial charge in [0.25, 0.3) is 0 Å². The van der Waals surface area contributed by atoms with Crippen molar-refractivity contribution in [3.05, 3.63) is 0 Å². The van der Waals surface area contributed by atoms with Gasteiger partial charge in [0, 0.05) is 22.9 Å². The van der Waals surface area contributed by atoms with E-state index >= 15 is 0 Å². The van der Waals surface area contributed by atoms with Gasteiger partial charge < -0.3 is 18.0 Å². The SMILES string of the molecule is CC(C)(C)[Si](C)(C)O[C@@H]1C[C@@H]2O[Si](C(C)(C)C)(C(C)(C)C)OC[C@H]2O[C@H]1CC#C[Si](C)(C)C. The van der Waals surface area contributed by atoms with Crippen LogP contribution in [0.1, 0.15) is 75.2 Å². The molecule has 33 heavy (non-hydrogen) atoms. The molecule has 0 amide bonds. The molecule has 7 heteroatoms. The molecule has 0 spiro atoms. The van der Waals surface area contributed by atoms with Crippen molar-refractivity contribution in [1.29, 1.82) is 0 Å². The lowest BCUT2D eigenvalue weighted by atomic mass is 9.97. The third-order valence-corrected chi connectivity index (χ3v) is 18.0. The summed E-state index contributed by atoms with van der Waals surface area (Å²) in [7, 11) is -5.94. The predicted octanol–water partition coefficient (Wildman–Crippen LogP) is 7.26. The Morgan fingerprint density at radius 3 is 1.88 bits per heavy atom. The van der Waals surface area contributed by atoms with E-state index in [9.17, 15) is 0 Å². The molecule has 192 valence electrons. The van der Waals surface area contributed by atoms with Gasteiger partial charge in [-0.05, 0) is 18.1 Å². The predicted molar refractivity (Wildman–Crippen MR) is 147 cm³/mol. The van der Waals surface area contributed by atoms with Crippen LogP contribution < -0.4 is 0 Å². The van der Waals surface area contributed by atoms with E-state index in [1.54, 1.807) is 0 Å². The van der Waals surface area contributed by atoms with Crippen LogP contribution in [0.5, 0.6) is 0 Å². The van der Waals surface area contributed by atoms with Crippen molar-refractivity contribution in [3.8, 4) is 11.5 Å². The molecule has 2 fully saturated rings. The second-order valence-corrected chi connectivity index (χ2v) is 29.0. The molecular weight excluding hydrogens is 461 g/mol. The van der Waals surface area contributed by atoms with Crippen molar-refractivity contribution in [2.24, 2.45) is 0 Å². The smallest absolute Gasteiger partial charge is 0.349 e. The van der Waals surface area contributed by atoms with Crippen molar-refractivity contribution in [3.63, 3.8) is 0 Å². The molecule has 0 aromatic rings. The van der Waals surface area contributed by atoms with Crippen molar-refractivity contribution >= 4 is 25.0 Å². The zero-order valence-electron chi connectivity index (χ0n) is 24.1. The van der Waals surface area contributed by atoms with Crippen LogP contribution in [0.2, 0.25) is 47.8 Å². The monoisotopic (exact) mass is 512 g/mol. The van der Waals surface area contributed by atoms with Crippen LogP contribution in [0.3, 0.4) is 0 Å². The van der Waals surface area contributed by atoms with Gasteiger partial charge in [0.1, 0.15) is 14.2 Å². The molecule has 2 saturated heterocycles. The average Bonchev–Trinajstić information content (AvgIpc) is 2.57. The van der Waals surface area contributed by atoms with Gasteiger partial charge in [0.05, 0.1) is 24.9 Å². The Labute approximate surface area is 208 Å². The minimum Gasteiger partial charge on any atom is -0.411 e. The molecule has 4 nitrogen and oxygen atoms in total. The number of hydrogen-bond donors (Lipinski definition) is 0. The third kappa shape index (κ3) is 6.63. The second-order valence-electron chi connectivity index (χ2n) is 14.7. The minimum absolute atomic E-state index is 0.00723. The minimum atomic E-state index is -2.54. The highest BCUT2D eigenvalue weighted by molar-refractivity contribution is 6.83. The Morgan fingerprint density at radius 2 is 1.42 bits per heavy atom. The Balaban J connectivity index is 2.35. The average molecular weight is 513 g/mol. The van der Waals surface area contributed by atoms with E-state index in [-0.39, 0.29) is 39.5 Å². The van der Waals surface area contributed by atoms with Crippen LogP contribution in [-0.2, 0) is 18.0 Å². The van der Waals surface area contributed by atoms with Gasteiger partial charge in [0.2, 0.25) is 0 Å².